The van der Waals surface area contributed by atoms with Crippen molar-refractivity contribution < 1.29 is 4.39 Å². The topological polar surface area (TPSA) is 52.5 Å². The van der Waals surface area contributed by atoms with Crippen molar-refractivity contribution in [1.82, 2.24) is 4.57 Å². The van der Waals surface area contributed by atoms with Crippen LogP contribution in [-0.4, -0.2) is 4.57 Å². The summed E-state index contributed by atoms with van der Waals surface area (Å²) in [5, 5.41) is 18.4. The average Bonchev–Trinajstić information content (AvgIpc) is 2.94. The quantitative estimate of drug-likeness (QED) is 0.617. The second-order valence-corrected chi connectivity index (χ2v) is 5.97. The van der Waals surface area contributed by atoms with Crippen LogP contribution >= 0.6 is 0 Å². The molecule has 0 aliphatic rings. The van der Waals surface area contributed by atoms with Gasteiger partial charge in [0.05, 0.1) is 23.3 Å². The van der Waals surface area contributed by atoms with E-state index in [1.807, 2.05) is 36.6 Å². The fraction of sp³-hybridized carbons (Fsp3) is 0.0909. The van der Waals surface area contributed by atoms with E-state index in [9.17, 15) is 9.65 Å². The van der Waals surface area contributed by atoms with E-state index in [-0.39, 0.29) is 11.1 Å². The third-order valence-electron chi connectivity index (χ3n) is 4.31. The van der Waals surface area contributed by atoms with Gasteiger partial charge in [0.2, 0.25) is 0 Å². The molecule has 1 aromatic heterocycles. The summed E-state index contributed by atoms with van der Waals surface area (Å²) in [6, 6.07) is 19.7. The molecule has 0 spiro atoms. The lowest BCUT2D eigenvalue weighted by Crippen LogP contribution is -1.99. The highest BCUT2D eigenvalue weighted by Gasteiger charge is 2.12. The Labute approximate surface area is 151 Å². The lowest BCUT2D eigenvalue weighted by Gasteiger charge is -2.09. The first kappa shape index (κ1) is 17.2. The number of benzene rings is 2. The van der Waals surface area contributed by atoms with Crippen molar-refractivity contribution in [3.8, 4) is 17.8 Å². The smallest absolute Gasteiger partial charge is 0.131 e. The van der Waals surface area contributed by atoms with Gasteiger partial charge in [0.1, 0.15) is 5.82 Å². The molecule has 0 saturated heterocycles. The Morgan fingerprint density at radius 1 is 1.04 bits per heavy atom. The van der Waals surface area contributed by atoms with Gasteiger partial charge in [-0.05, 0) is 61.9 Å². The Bertz CT molecular complexity index is 1070. The Kier molecular flexibility index (Phi) is 4.69. The Balaban J connectivity index is 2.09. The summed E-state index contributed by atoms with van der Waals surface area (Å²) >= 11 is 0. The zero-order chi connectivity index (χ0) is 18.7. The second kappa shape index (κ2) is 7.09. The molecule has 1 heterocycles. The summed E-state index contributed by atoms with van der Waals surface area (Å²) in [6.45, 7) is 3.92. The van der Waals surface area contributed by atoms with Gasteiger partial charge in [-0.1, -0.05) is 18.2 Å². The first-order valence-corrected chi connectivity index (χ1v) is 8.11. The van der Waals surface area contributed by atoms with Crippen LogP contribution in [0.4, 0.5) is 4.39 Å². The van der Waals surface area contributed by atoms with Crippen LogP contribution in [0.25, 0.3) is 17.3 Å². The molecule has 0 aliphatic carbocycles. The fourth-order valence-electron chi connectivity index (χ4n) is 3.02. The highest BCUT2D eigenvalue weighted by molar-refractivity contribution is 5.90. The van der Waals surface area contributed by atoms with Gasteiger partial charge in [-0.2, -0.15) is 10.5 Å². The molecule has 3 aromatic rings. The largest absolute Gasteiger partial charge is 0.318 e. The van der Waals surface area contributed by atoms with Gasteiger partial charge in [-0.3, -0.25) is 0 Å². The zero-order valence-electron chi connectivity index (χ0n) is 14.5. The number of rotatable bonds is 3. The molecule has 3 nitrogen and oxygen atoms in total. The lowest BCUT2D eigenvalue weighted by atomic mass is 10.0. The molecule has 0 radical (unpaired) electrons. The molecule has 126 valence electrons. The number of allylic oxidation sites excluding steroid dienone is 1. The van der Waals surface area contributed by atoms with E-state index in [0.29, 0.717) is 5.56 Å². The van der Waals surface area contributed by atoms with Crippen LogP contribution < -0.4 is 0 Å². The van der Waals surface area contributed by atoms with E-state index in [2.05, 4.69) is 12.1 Å². The van der Waals surface area contributed by atoms with Crippen molar-refractivity contribution in [3.63, 3.8) is 0 Å². The zero-order valence-corrected chi connectivity index (χ0v) is 14.5. The standard InChI is InChI=1S/C22H16FN3/c1-15-11-18(12-19(14-25)21-5-3-4-6-22(21)23)16(2)26(15)20-9-7-17(13-24)8-10-20/h3-12H,1-2H3/b19-12-. The van der Waals surface area contributed by atoms with E-state index in [0.717, 1.165) is 22.6 Å². The molecule has 0 aliphatic heterocycles. The van der Waals surface area contributed by atoms with Crippen LogP contribution in [-0.2, 0) is 0 Å². The molecule has 0 N–H and O–H groups in total. The van der Waals surface area contributed by atoms with Crippen LogP contribution in [0.1, 0.15) is 28.1 Å². The Hall–Kier alpha value is -3.63. The van der Waals surface area contributed by atoms with Crippen LogP contribution in [0.2, 0.25) is 0 Å². The SMILES string of the molecule is Cc1cc(/C=C(/C#N)c2ccccc2F)c(C)n1-c1ccc(C#N)cc1. The average molecular weight is 341 g/mol. The summed E-state index contributed by atoms with van der Waals surface area (Å²) < 4.78 is 16.1. The first-order valence-electron chi connectivity index (χ1n) is 8.11. The molecular formula is C22H16FN3. The van der Waals surface area contributed by atoms with Gasteiger partial charge in [-0.15, -0.1) is 0 Å². The second-order valence-electron chi connectivity index (χ2n) is 5.97. The van der Waals surface area contributed by atoms with E-state index in [1.165, 1.54) is 6.07 Å². The van der Waals surface area contributed by atoms with Gasteiger partial charge in [-0.25, -0.2) is 4.39 Å². The van der Waals surface area contributed by atoms with Gasteiger partial charge in [0, 0.05) is 22.6 Å². The Morgan fingerprint density at radius 2 is 1.73 bits per heavy atom. The summed E-state index contributed by atoms with van der Waals surface area (Å²) in [6.07, 6.45) is 1.71. The van der Waals surface area contributed by atoms with Crippen LogP contribution in [0, 0.1) is 42.3 Å². The molecule has 4 heteroatoms. The number of hydrogen-bond acceptors (Lipinski definition) is 2. The normalized spacial score (nSPS) is 11.0. The molecule has 0 fully saturated rings. The first-order chi connectivity index (χ1) is 12.5. The van der Waals surface area contributed by atoms with Crippen molar-refractivity contribution in [2.24, 2.45) is 0 Å². The van der Waals surface area contributed by atoms with Gasteiger partial charge in [0.15, 0.2) is 0 Å². The molecule has 2 aromatic carbocycles. The minimum absolute atomic E-state index is 0.281. The van der Waals surface area contributed by atoms with Gasteiger partial charge < -0.3 is 4.57 Å². The molecule has 0 amide bonds. The number of aromatic nitrogens is 1. The maximum atomic E-state index is 14.0. The van der Waals surface area contributed by atoms with Crippen molar-refractivity contribution in [1.29, 1.82) is 10.5 Å². The predicted octanol–water partition coefficient (Wildman–Crippen LogP) is 5.17. The van der Waals surface area contributed by atoms with E-state index in [1.54, 1.807) is 36.4 Å². The summed E-state index contributed by atoms with van der Waals surface area (Å²) in [5.74, 6) is -0.416. The fourth-order valence-corrected chi connectivity index (χ4v) is 3.02. The molecule has 0 unspecified atom stereocenters. The molecule has 0 saturated carbocycles. The minimum atomic E-state index is -0.416. The van der Waals surface area contributed by atoms with E-state index >= 15 is 0 Å². The lowest BCUT2D eigenvalue weighted by molar-refractivity contribution is 0.624. The van der Waals surface area contributed by atoms with E-state index in [4.69, 9.17) is 5.26 Å². The number of nitrogens with zero attached hydrogens (tertiary/aromatic N) is 3. The number of hydrogen-bond donors (Lipinski definition) is 0. The van der Waals surface area contributed by atoms with Crippen molar-refractivity contribution in [2.75, 3.05) is 0 Å². The van der Waals surface area contributed by atoms with Gasteiger partial charge in [0.25, 0.3) is 0 Å². The van der Waals surface area contributed by atoms with Crippen molar-refractivity contribution in [2.45, 2.75) is 13.8 Å². The third-order valence-corrected chi connectivity index (χ3v) is 4.31. The van der Waals surface area contributed by atoms with Crippen LogP contribution in [0.5, 0.6) is 0 Å². The maximum Gasteiger partial charge on any atom is 0.131 e. The van der Waals surface area contributed by atoms with Crippen LogP contribution in [0.15, 0.2) is 54.6 Å². The maximum absolute atomic E-state index is 14.0. The predicted molar refractivity (Wildman–Crippen MR) is 99.8 cm³/mol. The molecule has 0 bridgehead atoms. The third kappa shape index (κ3) is 3.14. The highest BCUT2D eigenvalue weighted by atomic mass is 19.1. The number of nitriles is 2. The highest BCUT2D eigenvalue weighted by Crippen LogP contribution is 2.26. The Morgan fingerprint density at radius 3 is 2.35 bits per heavy atom. The summed E-state index contributed by atoms with van der Waals surface area (Å²) in [5.41, 5.74) is 4.89. The van der Waals surface area contributed by atoms with Crippen molar-refractivity contribution >= 4 is 11.6 Å². The molecular weight excluding hydrogens is 325 g/mol. The van der Waals surface area contributed by atoms with Gasteiger partial charge >= 0.3 is 0 Å². The summed E-state index contributed by atoms with van der Waals surface area (Å²) in [7, 11) is 0. The summed E-state index contributed by atoms with van der Waals surface area (Å²) in [4.78, 5) is 0. The van der Waals surface area contributed by atoms with Crippen molar-refractivity contribution in [3.05, 3.63) is 88.5 Å². The monoisotopic (exact) mass is 341 g/mol. The number of aryl methyl sites for hydroxylation is 1. The van der Waals surface area contributed by atoms with E-state index < -0.39 is 5.82 Å². The molecule has 0 atom stereocenters. The van der Waals surface area contributed by atoms with Crippen LogP contribution in [0.3, 0.4) is 0 Å². The molecule has 3 rings (SSSR count). The molecule has 26 heavy (non-hydrogen) atoms. The number of halogens is 1. The minimum Gasteiger partial charge on any atom is -0.318 e.